The Morgan fingerprint density at radius 2 is 2.04 bits per heavy atom. The summed E-state index contributed by atoms with van der Waals surface area (Å²) in [6.45, 7) is 0.618. The Hall–Kier alpha value is -2.28. The Balaban J connectivity index is 1.83. The van der Waals surface area contributed by atoms with Crippen LogP contribution in [0, 0.1) is 11.6 Å². The van der Waals surface area contributed by atoms with E-state index < -0.39 is 11.6 Å². The molecule has 1 aromatic carbocycles. The molecule has 1 saturated carbocycles. The van der Waals surface area contributed by atoms with E-state index in [1.54, 1.807) is 6.07 Å². The van der Waals surface area contributed by atoms with Crippen LogP contribution in [0.4, 0.5) is 26.2 Å². The quantitative estimate of drug-likeness (QED) is 0.684. The van der Waals surface area contributed by atoms with Crippen molar-refractivity contribution in [3.05, 3.63) is 41.6 Å². The highest BCUT2D eigenvalue weighted by atomic mass is 19.2. The van der Waals surface area contributed by atoms with Gasteiger partial charge in [-0.1, -0.05) is 6.07 Å². The molecular weight excluding hydrogens is 302 g/mol. The summed E-state index contributed by atoms with van der Waals surface area (Å²) in [6.07, 6.45) is 2.72. The van der Waals surface area contributed by atoms with Crippen LogP contribution in [0.5, 0.6) is 0 Å². The van der Waals surface area contributed by atoms with E-state index in [9.17, 15) is 8.78 Å². The molecule has 0 unspecified atom stereocenters. The highest BCUT2D eigenvalue weighted by Gasteiger charge is 2.26. The summed E-state index contributed by atoms with van der Waals surface area (Å²) in [7, 11) is 0. The topological polar surface area (TPSA) is 70.1 Å². The van der Waals surface area contributed by atoms with E-state index in [1.807, 2.05) is 0 Å². The Morgan fingerprint density at radius 3 is 2.78 bits per heavy atom. The van der Waals surface area contributed by atoms with Gasteiger partial charge in [0.2, 0.25) is 5.95 Å². The fourth-order valence-electron chi connectivity index (χ4n) is 2.21. The molecule has 1 heterocycles. The van der Waals surface area contributed by atoms with Crippen molar-refractivity contribution in [3.8, 4) is 0 Å². The van der Waals surface area contributed by atoms with Crippen molar-refractivity contribution >= 4 is 17.5 Å². The fraction of sp³-hybridized carbons (Fsp3) is 0.375. The van der Waals surface area contributed by atoms with E-state index in [0.29, 0.717) is 30.6 Å². The van der Waals surface area contributed by atoms with Crippen LogP contribution < -0.4 is 10.6 Å². The van der Waals surface area contributed by atoms with Gasteiger partial charge in [-0.15, -0.1) is 0 Å². The molecule has 1 aliphatic carbocycles. The minimum absolute atomic E-state index is 0.0340. The van der Waals surface area contributed by atoms with Crippen molar-refractivity contribution < 1.29 is 13.9 Å². The number of aliphatic hydroxyl groups is 1. The smallest absolute Gasteiger partial charge is 0.224 e. The second-order valence-electron chi connectivity index (χ2n) is 5.51. The Morgan fingerprint density at radius 1 is 1.22 bits per heavy atom. The van der Waals surface area contributed by atoms with Gasteiger partial charge in [-0.25, -0.2) is 13.8 Å². The Labute approximate surface area is 132 Å². The zero-order valence-corrected chi connectivity index (χ0v) is 12.5. The first-order valence-corrected chi connectivity index (χ1v) is 7.62. The van der Waals surface area contributed by atoms with Crippen molar-refractivity contribution in [2.75, 3.05) is 23.8 Å². The van der Waals surface area contributed by atoms with Gasteiger partial charge in [0.1, 0.15) is 5.82 Å². The van der Waals surface area contributed by atoms with Crippen LogP contribution in [0.3, 0.4) is 0 Å². The highest BCUT2D eigenvalue weighted by molar-refractivity contribution is 5.58. The summed E-state index contributed by atoms with van der Waals surface area (Å²) in [6, 6.07) is 5.72. The lowest BCUT2D eigenvalue weighted by atomic mass is 10.2. The summed E-state index contributed by atoms with van der Waals surface area (Å²) >= 11 is 0. The molecular formula is C16H18F2N4O. The van der Waals surface area contributed by atoms with Crippen molar-refractivity contribution in [3.63, 3.8) is 0 Å². The maximum atomic E-state index is 13.8. The average molecular weight is 320 g/mol. The number of benzene rings is 1. The molecule has 122 valence electrons. The monoisotopic (exact) mass is 320 g/mol. The molecule has 1 fully saturated rings. The van der Waals surface area contributed by atoms with Crippen LogP contribution in [0.25, 0.3) is 0 Å². The van der Waals surface area contributed by atoms with Crippen LogP contribution in [0.2, 0.25) is 0 Å². The molecule has 1 aromatic heterocycles. The number of rotatable bonds is 7. The van der Waals surface area contributed by atoms with E-state index in [-0.39, 0.29) is 12.3 Å². The normalized spacial score (nSPS) is 13.9. The van der Waals surface area contributed by atoms with E-state index in [1.165, 1.54) is 12.1 Å². The van der Waals surface area contributed by atoms with Crippen LogP contribution in [0.15, 0.2) is 24.3 Å². The molecule has 1 aliphatic rings. The molecule has 23 heavy (non-hydrogen) atoms. The second kappa shape index (κ2) is 6.87. The van der Waals surface area contributed by atoms with Crippen LogP contribution in [-0.2, 0) is 0 Å². The average Bonchev–Trinajstić information content (AvgIpc) is 3.37. The van der Waals surface area contributed by atoms with Gasteiger partial charge in [0, 0.05) is 25.1 Å². The Kier molecular flexibility index (Phi) is 4.66. The largest absolute Gasteiger partial charge is 0.396 e. The molecule has 0 spiro atoms. The van der Waals surface area contributed by atoms with Gasteiger partial charge in [0.25, 0.3) is 0 Å². The lowest BCUT2D eigenvalue weighted by molar-refractivity contribution is 0.292. The first kappa shape index (κ1) is 15.6. The first-order chi connectivity index (χ1) is 11.2. The lowest BCUT2D eigenvalue weighted by Gasteiger charge is -2.11. The van der Waals surface area contributed by atoms with E-state index >= 15 is 0 Å². The SMILES string of the molecule is OCCCNc1nc(Nc2cccc(F)c2F)cc(C2CC2)n1. The van der Waals surface area contributed by atoms with E-state index in [0.717, 1.165) is 24.6 Å². The third-order valence-corrected chi connectivity index (χ3v) is 3.57. The minimum atomic E-state index is -0.936. The number of nitrogens with zero attached hydrogens (tertiary/aromatic N) is 2. The predicted molar refractivity (Wildman–Crippen MR) is 83.8 cm³/mol. The third-order valence-electron chi connectivity index (χ3n) is 3.57. The van der Waals surface area contributed by atoms with Crippen LogP contribution >= 0.6 is 0 Å². The second-order valence-corrected chi connectivity index (χ2v) is 5.51. The maximum absolute atomic E-state index is 13.8. The third kappa shape index (κ3) is 3.92. The summed E-state index contributed by atoms with van der Waals surface area (Å²) < 4.78 is 27.1. The molecule has 0 aliphatic heterocycles. The molecule has 5 nitrogen and oxygen atoms in total. The van der Waals surface area contributed by atoms with Gasteiger partial charge >= 0.3 is 0 Å². The molecule has 0 radical (unpaired) electrons. The van der Waals surface area contributed by atoms with E-state index in [2.05, 4.69) is 20.6 Å². The number of hydrogen-bond acceptors (Lipinski definition) is 5. The summed E-state index contributed by atoms with van der Waals surface area (Å²) in [4.78, 5) is 8.71. The minimum Gasteiger partial charge on any atom is -0.396 e. The number of halogens is 2. The van der Waals surface area contributed by atoms with Crippen LogP contribution in [-0.4, -0.2) is 28.2 Å². The fourth-order valence-corrected chi connectivity index (χ4v) is 2.21. The van der Waals surface area contributed by atoms with E-state index in [4.69, 9.17) is 5.11 Å². The van der Waals surface area contributed by atoms with Crippen molar-refractivity contribution in [1.82, 2.24) is 9.97 Å². The predicted octanol–water partition coefficient (Wildman–Crippen LogP) is 3.17. The number of anilines is 3. The van der Waals surface area contributed by atoms with Gasteiger partial charge in [-0.3, -0.25) is 0 Å². The number of nitrogens with one attached hydrogen (secondary N) is 2. The first-order valence-electron chi connectivity index (χ1n) is 7.62. The molecule has 3 N–H and O–H groups in total. The van der Waals surface area contributed by atoms with Gasteiger partial charge in [0.05, 0.1) is 11.4 Å². The molecule has 7 heteroatoms. The number of aromatic nitrogens is 2. The summed E-state index contributed by atoms with van der Waals surface area (Å²) in [5.41, 5.74) is 0.914. The zero-order chi connectivity index (χ0) is 16.2. The van der Waals surface area contributed by atoms with Gasteiger partial charge < -0.3 is 15.7 Å². The van der Waals surface area contributed by atoms with Gasteiger partial charge in [0.15, 0.2) is 11.6 Å². The van der Waals surface area contributed by atoms with Crippen molar-refractivity contribution in [2.45, 2.75) is 25.2 Å². The molecule has 3 rings (SSSR count). The van der Waals surface area contributed by atoms with Crippen LogP contribution in [0.1, 0.15) is 30.9 Å². The Bertz CT molecular complexity index is 692. The molecule has 0 bridgehead atoms. The van der Waals surface area contributed by atoms with Crippen molar-refractivity contribution in [1.29, 1.82) is 0 Å². The molecule has 2 aromatic rings. The number of aliphatic hydroxyl groups excluding tert-OH is 1. The lowest BCUT2D eigenvalue weighted by Crippen LogP contribution is -2.09. The van der Waals surface area contributed by atoms with Gasteiger partial charge in [-0.05, 0) is 31.4 Å². The number of hydrogen-bond donors (Lipinski definition) is 3. The van der Waals surface area contributed by atoms with Crippen molar-refractivity contribution in [2.24, 2.45) is 0 Å². The summed E-state index contributed by atoms with van der Waals surface area (Å²) in [5, 5.41) is 14.7. The zero-order valence-electron chi connectivity index (χ0n) is 12.5. The molecule has 0 atom stereocenters. The highest BCUT2D eigenvalue weighted by Crippen LogP contribution is 2.40. The van der Waals surface area contributed by atoms with Gasteiger partial charge in [-0.2, -0.15) is 4.98 Å². The summed E-state index contributed by atoms with van der Waals surface area (Å²) in [5.74, 6) is -0.615. The maximum Gasteiger partial charge on any atom is 0.224 e. The molecule has 0 saturated heterocycles. The standard InChI is InChI=1S/C16H18F2N4O/c17-11-3-1-4-12(15(11)18)20-14-9-13(10-5-6-10)21-16(22-14)19-7-2-8-23/h1,3-4,9-10,23H,2,5-8H2,(H2,19,20,21,22). The molecule has 0 amide bonds.